The molecule has 1 fully saturated rings. The third-order valence-corrected chi connectivity index (χ3v) is 4.90. The molecule has 0 aliphatic carbocycles. The van der Waals surface area contributed by atoms with Crippen LogP contribution < -0.4 is 5.11 Å². The van der Waals surface area contributed by atoms with E-state index >= 15 is 0 Å². The van der Waals surface area contributed by atoms with Crippen LogP contribution in [0.5, 0.6) is 0 Å². The topological polar surface area (TPSA) is 60.4 Å². The molecule has 1 aliphatic rings. The Hall–Kier alpha value is -2.51. The van der Waals surface area contributed by atoms with Gasteiger partial charge in [-0.1, -0.05) is 66.4 Å². The summed E-state index contributed by atoms with van der Waals surface area (Å²) in [5, 5.41) is 11.6. The zero-order valence-electron chi connectivity index (χ0n) is 12.7. The summed E-state index contributed by atoms with van der Waals surface area (Å²) in [4.78, 5) is 25.6. The molecule has 0 saturated carbocycles. The summed E-state index contributed by atoms with van der Waals surface area (Å²) in [6.45, 7) is 0. The lowest BCUT2D eigenvalue weighted by atomic mass is 10.1. The maximum Gasteiger partial charge on any atom is 0.267 e. The highest BCUT2D eigenvalue weighted by Gasteiger charge is 2.38. The number of carboxylic acids is 1. The van der Waals surface area contributed by atoms with Gasteiger partial charge in [0.2, 0.25) is 0 Å². The van der Waals surface area contributed by atoms with Crippen molar-refractivity contribution in [2.24, 2.45) is 0 Å². The number of carboxylic acid groups (broad SMARTS) is 1. The van der Waals surface area contributed by atoms with Crippen molar-refractivity contribution >= 4 is 46.3 Å². The fraction of sp³-hybridized carbons (Fsp3) is 0.0556. The molecule has 25 heavy (non-hydrogen) atoms. The third kappa shape index (κ3) is 3.62. The number of hydrogen-bond acceptors (Lipinski definition) is 5. The summed E-state index contributed by atoms with van der Waals surface area (Å²) in [7, 11) is 0. The van der Waals surface area contributed by atoms with Gasteiger partial charge in [0.15, 0.2) is 0 Å². The summed E-state index contributed by atoms with van der Waals surface area (Å²) in [5.74, 6) is -2.40. The first kappa shape index (κ1) is 17.3. The number of rotatable bonds is 4. The van der Waals surface area contributed by atoms with E-state index in [-0.39, 0.29) is 9.23 Å². The molecular weight excluding hydrogens is 361 g/mol. The maximum atomic E-state index is 13.3. The predicted octanol–water partition coefficient (Wildman–Crippen LogP) is 2.52. The van der Waals surface area contributed by atoms with Crippen molar-refractivity contribution in [1.82, 2.24) is 4.90 Å². The Balaban J connectivity index is 1.96. The van der Waals surface area contributed by atoms with Crippen molar-refractivity contribution in [2.45, 2.75) is 6.04 Å². The lowest BCUT2D eigenvalue weighted by Gasteiger charge is -2.27. The molecule has 1 saturated heterocycles. The zero-order chi connectivity index (χ0) is 18.0. The van der Waals surface area contributed by atoms with Gasteiger partial charge in [0.25, 0.3) is 5.91 Å². The second-order valence-electron chi connectivity index (χ2n) is 5.24. The molecular formula is C18H11FNO3S2-. The van der Waals surface area contributed by atoms with Crippen LogP contribution in [0.15, 0.2) is 59.5 Å². The number of carbonyl (C=O) groups excluding carboxylic acids is 2. The van der Waals surface area contributed by atoms with Crippen LogP contribution in [-0.2, 0) is 9.59 Å². The normalized spacial score (nSPS) is 17.2. The summed E-state index contributed by atoms with van der Waals surface area (Å²) in [5.41, 5.74) is 0.885. The monoisotopic (exact) mass is 372 g/mol. The summed E-state index contributed by atoms with van der Waals surface area (Å²) in [6.07, 6.45) is 1.49. The largest absolute Gasteiger partial charge is 0.547 e. The van der Waals surface area contributed by atoms with Crippen molar-refractivity contribution in [3.8, 4) is 0 Å². The Morgan fingerprint density at radius 3 is 2.56 bits per heavy atom. The molecule has 2 aromatic rings. The molecule has 0 spiro atoms. The molecule has 0 bridgehead atoms. The Morgan fingerprint density at radius 2 is 1.92 bits per heavy atom. The summed E-state index contributed by atoms with van der Waals surface area (Å²) < 4.78 is 13.4. The number of benzene rings is 2. The van der Waals surface area contributed by atoms with E-state index in [0.29, 0.717) is 11.1 Å². The van der Waals surface area contributed by atoms with Crippen molar-refractivity contribution in [3.05, 3.63) is 76.4 Å². The first-order valence-corrected chi connectivity index (χ1v) is 8.48. The van der Waals surface area contributed by atoms with Crippen LogP contribution in [0.2, 0.25) is 0 Å². The van der Waals surface area contributed by atoms with E-state index in [9.17, 15) is 19.1 Å². The molecule has 7 heteroatoms. The van der Waals surface area contributed by atoms with Gasteiger partial charge in [-0.25, -0.2) is 4.39 Å². The number of aliphatic carboxylic acids is 1. The number of amides is 1. The first-order chi connectivity index (χ1) is 12.0. The Kier molecular flexibility index (Phi) is 4.96. The Bertz CT molecular complexity index is 883. The molecule has 126 valence electrons. The molecule has 4 nitrogen and oxygen atoms in total. The molecule has 0 unspecified atom stereocenters. The van der Waals surface area contributed by atoms with Gasteiger partial charge < -0.3 is 9.90 Å². The second-order valence-corrected chi connectivity index (χ2v) is 6.91. The Morgan fingerprint density at radius 1 is 1.20 bits per heavy atom. The van der Waals surface area contributed by atoms with E-state index in [4.69, 9.17) is 12.2 Å². The molecule has 0 aromatic heterocycles. The van der Waals surface area contributed by atoms with E-state index in [2.05, 4.69) is 0 Å². The molecule has 1 amide bonds. The predicted molar refractivity (Wildman–Crippen MR) is 95.6 cm³/mol. The number of hydrogen-bond donors (Lipinski definition) is 0. The molecule has 1 aliphatic heterocycles. The highest BCUT2D eigenvalue weighted by Crippen LogP contribution is 2.38. The van der Waals surface area contributed by atoms with E-state index < -0.39 is 23.7 Å². The number of nitrogens with zero attached hydrogens (tertiary/aromatic N) is 1. The van der Waals surface area contributed by atoms with Crippen LogP contribution in [0.25, 0.3) is 6.08 Å². The molecule has 1 heterocycles. The van der Waals surface area contributed by atoms with Crippen LogP contribution in [0.1, 0.15) is 17.2 Å². The quantitative estimate of drug-likeness (QED) is 0.610. The fourth-order valence-corrected chi connectivity index (χ4v) is 3.79. The third-order valence-electron chi connectivity index (χ3n) is 3.57. The first-order valence-electron chi connectivity index (χ1n) is 7.26. The number of thioether (sulfide) groups is 1. The van der Waals surface area contributed by atoms with Crippen LogP contribution in [0.3, 0.4) is 0 Å². The van der Waals surface area contributed by atoms with Crippen LogP contribution in [0, 0.1) is 5.82 Å². The minimum Gasteiger partial charge on any atom is -0.547 e. The van der Waals surface area contributed by atoms with Gasteiger partial charge in [0, 0.05) is 0 Å². The average Bonchev–Trinajstić information content (AvgIpc) is 2.84. The summed E-state index contributed by atoms with van der Waals surface area (Å²) in [6, 6.07) is 12.7. The average molecular weight is 372 g/mol. The van der Waals surface area contributed by atoms with Crippen molar-refractivity contribution in [3.63, 3.8) is 0 Å². The van der Waals surface area contributed by atoms with Crippen molar-refractivity contribution in [2.75, 3.05) is 0 Å². The van der Waals surface area contributed by atoms with Gasteiger partial charge in [0.1, 0.15) is 16.2 Å². The lowest BCUT2D eigenvalue weighted by Crippen LogP contribution is -2.43. The smallest absolute Gasteiger partial charge is 0.267 e. The minimum atomic E-state index is -1.42. The second kappa shape index (κ2) is 7.16. The molecule has 0 N–H and O–H groups in total. The Labute approximate surface area is 153 Å². The number of halogens is 1. The van der Waals surface area contributed by atoms with Gasteiger partial charge in [-0.3, -0.25) is 9.69 Å². The summed E-state index contributed by atoms with van der Waals surface area (Å²) >= 11 is 6.17. The van der Waals surface area contributed by atoms with Gasteiger partial charge >= 0.3 is 0 Å². The maximum absolute atomic E-state index is 13.3. The van der Waals surface area contributed by atoms with Gasteiger partial charge in [-0.15, -0.1) is 0 Å². The molecule has 3 rings (SSSR count). The minimum absolute atomic E-state index is 0.116. The number of carbonyl (C=O) groups is 2. The van der Waals surface area contributed by atoms with E-state index in [0.717, 1.165) is 16.7 Å². The standard InChI is InChI=1S/C18H12FNO3S2/c19-13-8-4-5-11(9-13)10-14-16(21)20(18(24)25-14)15(17(22)23)12-6-2-1-3-7-12/h1-10,15H,(H,22,23)/p-1/b14-10-/t15-/m1/s1. The fourth-order valence-electron chi connectivity index (χ4n) is 2.48. The molecule has 1 atom stereocenters. The SMILES string of the molecule is O=C([O-])[C@@H](c1ccccc1)N1C(=O)/C(=C/c2cccc(F)c2)SC1=S. The molecule has 0 radical (unpaired) electrons. The van der Waals surface area contributed by atoms with E-state index in [1.807, 2.05) is 0 Å². The highest BCUT2D eigenvalue weighted by molar-refractivity contribution is 8.26. The zero-order valence-corrected chi connectivity index (χ0v) is 14.4. The van der Waals surface area contributed by atoms with Gasteiger partial charge in [-0.2, -0.15) is 0 Å². The lowest BCUT2D eigenvalue weighted by molar-refractivity contribution is -0.310. The van der Waals surface area contributed by atoms with Crippen molar-refractivity contribution < 1.29 is 19.1 Å². The van der Waals surface area contributed by atoms with Gasteiger partial charge in [-0.05, 0) is 29.3 Å². The van der Waals surface area contributed by atoms with Crippen LogP contribution in [-0.4, -0.2) is 21.1 Å². The van der Waals surface area contributed by atoms with Crippen LogP contribution >= 0.6 is 24.0 Å². The van der Waals surface area contributed by atoms with E-state index in [1.54, 1.807) is 36.4 Å². The van der Waals surface area contributed by atoms with E-state index in [1.165, 1.54) is 24.3 Å². The van der Waals surface area contributed by atoms with Crippen molar-refractivity contribution in [1.29, 1.82) is 0 Å². The molecule has 2 aromatic carbocycles. The highest BCUT2D eigenvalue weighted by atomic mass is 32.2. The van der Waals surface area contributed by atoms with Crippen LogP contribution in [0.4, 0.5) is 4.39 Å². The van der Waals surface area contributed by atoms with Gasteiger partial charge in [0.05, 0.1) is 10.9 Å². The number of thiocarbonyl (C=S) groups is 1.